The number of piperazine rings is 1. The lowest BCUT2D eigenvalue weighted by atomic mass is 10.1. The third kappa shape index (κ3) is 5.79. The Morgan fingerprint density at radius 2 is 1.79 bits per heavy atom. The molecule has 34 heavy (non-hydrogen) atoms. The molecule has 0 saturated carbocycles. The van der Waals surface area contributed by atoms with Crippen molar-refractivity contribution < 1.29 is 19.5 Å². The fourth-order valence-corrected chi connectivity index (χ4v) is 4.12. The van der Waals surface area contributed by atoms with Gasteiger partial charge in [-0.05, 0) is 23.8 Å². The number of amides is 2. The van der Waals surface area contributed by atoms with Gasteiger partial charge in [0.1, 0.15) is 5.82 Å². The van der Waals surface area contributed by atoms with Crippen molar-refractivity contribution in [1.29, 1.82) is 0 Å². The van der Waals surface area contributed by atoms with Crippen LogP contribution in [0, 0.1) is 0 Å². The van der Waals surface area contributed by atoms with Gasteiger partial charge in [0.05, 0.1) is 17.5 Å². The summed E-state index contributed by atoms with van der Waals surface area (Å²) >= 11 is 0. The van der Waals surface area contributed by atoms with Crippen LogP contribution in [0.3, 0.4) is 0 Å². The van der Waals surface area contributed by atoms with Crippen molar-refractivity contribution in [3.8, 4) is 0 Å². The molecular weight excluding hydrogens is 434 g/mol. The van der Waals surface area contributed by atoms with Crippen molar-refractivity contribution in [1.82, 2.24) is 25.1 Å². The Labute approximate surface area is 197 Å². The van der Waals surface area contributed by atoms with Crippen molar-refractivity contribution in [2.75, 3.05) is 32.7 Å². The largest absolute Gasteiger partial charge is 0.481 e. The summed E-state index contributed by atoms with van der Waals surface area (Å²) < 4.78 is 2.10. The number of aliphatic carboxylic acids is 1. The molecule has 9 nitrogen and oxygen atoms in total. The van der Waals surface area contributed by atoms with E-state index in [0.29, 0.717) is 38.2 Å². The average molecular weight is 464 g/mol. The number of carboxylic acids is 1. The summed E-state index contributed by atoms with van der Waals surface area (Å²) in [4.78, 5) is 42.2. The van der Waals surface area contributed by atoms with E-state index in [2.05, 4.69) is 15.2 Å². The number of rotatable bonds is 9. The second-order valence-electron chi connectivity index (χ2n) is 8.34. The summed E-state index contributed by atoms with van der Waals surface area (Å²) in [5.41, 5.74) is 3.40. The highest BCUT2D eigenvalue weighted by molar-refractivity contribution is 5.97. The Morgan fingerprint density at radius 1 is 1.03 bits per heavy atom. The molecule has 0 atom stereocenters. The van der Waals surface area contributed by atoms with E-state index in [0.717, 1.165) is 35.5 Å². The molecule has 1 aliphatic heterocycles. The van der Waals surface area contributed by atoms with Gasteiger partial charge in [-0.15, -0.1) is 0 Å². The molecule has 0 aliphatic carbocycles. The Kier molecular flexibility index (Phi) is 7.54. The third-order valence-electron chi connectivity index (χ3n) is 5.90. The fourth-order valence-electron chi connectivity index (χ4n) is 4.12. The van der Waals surface area contributed by atoms with Crippen LogP contribution in [0.25, 0.3) is 11.0 Å². The molecule has 1 fully saturated rings. The Bertz CT molecular complexity index is 1170. The summed E-state index contributed by atoms with van der Waals surface area (Å²) in [7, 11) is 0. The van der Waals surface area contributed by atoms with Gasteiger partial charge in [-0.2, -0.15) is 0 Å². The summed E-state index contributed by atoms with van der Waals surface area (Å²) in [6, 6.07) is 15.7. The zero-order valence-corrected chi connectivity index (χ0v) is 19.0. The van der Waals surface area contributed by atoms with Crippen molar-refractivity contribution in [2.45, 2.75) is 25.8 Å². The maximum atomic E-state index is 13.0. The first kappa shape index (κ1) is 23.4. The number of hydrogen-bond donors (Lipinski definition) is 3. The maximum Gasteiger partial charge on any atom is 0.303 e. The molecule has 0 unspecified atom stereocenters. The van der Waals surface area contributed by atoms with Gasteiger partial charge in [-0.3, -0.25) is 14.4 Å². The zero-order valence-electron chi connectivity index (χ0n) is 19.0. The number of nitrogens with zero attached hydrogens (tertiary/aromatic N) is 3. The molecule has 9 heteroatoms. The van der Waals surface area contributed by atoms with E-state index in [1.54, 1.807) is 0 Å². The maximum absolute atomic E-state index is 13.0. The lowest BCUT2D eigenvalue weighted by Crippen LogP contribution is -2.46. The molecule has 1 saturated heterocycles. The lowest BCUT2D eigenvalue weighted by molar-refractivity contribution is -0.138. The molecule has 0 radical (unpaired) electrons. The molecule has 0 spiro atoms. The Hall–Kier alpha value is -3.72. The van der Waals surface area contributed by atoms with Crippen LogP contribution >= 0.6 is 0 Å². The molecule has 2 amide bonds. The van der Waals surface area contributed by atoms with Crippen LogP contribution in [-0.2, 0) is 22.6 Å². The van der Waals surface area contributed by atoms with Crippen LogP contribution in [0.2, 0.25) is 0 Å². The van der Waals surface area contributed by atoms with Gasteiger partial charge >= 0.3 is 5.97 Å². The van der Waals surface area contributed by atoms with Crippen LogP contribution in [0.5, 0.6) is 0 Å². The number of benzene rings is 2. The second kappa shape index (κ2) is 10.9. The van der Waals surface area contributed by atoms with Gasteiger partial charge in [0.15, 0.2) is 0 Å². The predicted octanol–water partition coefficient (Wildman–Crippen LogP) is 1.65. The molecule has 178 valence electrons. The SMILES string of the molecule is O=C(O)CCC(=O)NCCc1nc2cc(C(=O)N3CCNCC3)ccc2n1Cc1ccccc1. The minimum atomic E-state index is -0.994. The van der Waals surface area contributed by atoms with Crippen molar-refractivity contribution in [3.63, 3.8) is 0 Å². The minimum Gasteiger partial charge on any atom is -0.481 e. The summed E-state index contributed by atoms with van der Waals surface area (Å²) in [5.74, 6) is -0.486. The fraction of sp³-hybridized carbons (Fsp3) is 0.360. The number of carbonyl (C=O) groups is 3. The molecule has 1 aliphatic rings. The van der Waals surface area contributed by atoms with E-state index in [1.165, 1.54) is 0 Å². The van der Waals surface area contributed by atoms with Gasteiger partial charge in [0.25, 0.3) is 5.91 Å². The third-order valence-corrected chi connectivity index (χ3v) is 5.90. The van der Waals surface area contributed by atoms with Gasteiger partial charge in [-0.1, -0.05) is 30.3 Å². The predicted molar refractivity (Wildman–Crippen MR) is 128 cm³/mol. The van der Waals surface area contributed by atoms with Crippen molar-refractivity contribution in [3.05, 3.63) is 65.5 Å². The molecule has 3 N–H and O–H groups in total. The van der Waals surface area contributed by atoms with Gasteiger partial charge in [-0.25, -0.2) is 4.98 Å². The molecule has 1 aromatic heterocycles. The van der Waals surface area contributed by atoms with E-state index in [9.17, 15) is 14.4 Å². The number of nitrogens with one attached hydrogen (secondary N) is 2. The lowest BCUT2D eigenvalue weighted by Gasteiger charge is -2.27. The first-order valence-electron chi connectivity index (χ1n) is 11.5. The van der Waals surface area contributed by atoms with E-state index >= 15 is 0 Å². The molecule has 3 aromatic rings. The molecular formula is C25H29N5O4. The highest BCUT2D eigenvalue weighted by Crippen LogP contribution is 2.21. The minimum absolute atomic E-state index is 0.00764. The number of hydrogen-bond acceptors (Lipinski definition) is 5. The van der Waals surface area contributed by atoms with Crippen LogP contribution in [-0.4, -0.2) is 70.1 Å². The highest BCUT2D eigenvalue weighted by Gasteiger charge is 2.20. The first-order chi connectivity index (χ1) is 16.5. The summed E-state index contributed by atoms with van der Waals surface area (Å²) in [6.07, 6.45) is 0.247. The number of carbonyl (C=O) groups excluding carboxylic acids is 2. The Balaban J connectivity index is 1.55. The molecule has 2 aromatic carbocycles. The first-order valence-corrected chi connectivity index (χ1v) is 11.5. The van der Waals surface area contributed by atoms with E-state index in [1.807, 2.05) is 53.4 Å². The monoisotopic (exact) mass is 463 g/mol. The highest BCUT2D eigenvalue weighted by atomic mass is 16.4. The van der Waals surface area contributed by atoms with Crippen molar-refractivity contribution in [2.24, 2.45) is 0 Å². The number of carboxylic acid groups (broad SMARTS) is 1. The van der Waals surface area contributed by atoms with Gasteiger partial charge < -0.3 is 25.2 Å². The van der Waals surface area contributed by atoms with Gasteiger partial charge in [0.2, 0.25) is 5.91 Å². The van der Waals surface area contributed by atoms with E-state index < -0.39 is 5.97 Å². The summed E-state index contributed by atoms with van der Waals surface area (Å²) in [6.45, 7) is 3.93. The smallest absolute Gasteiger partial charge is 0.303 e. The standard InChI is InChI=1S/C25H29N5O4/c31-23(8-9-24(32)33)27-11-10-22-28-20-16-19(25(34)29-14-12-26-13-15-29)6-7-21(20)30(22)17-18-4-2-1-3-5-18/h1-7,16,26H,8-15,17H2,(H,27,31)(H,32,33). The van der Waals surface area contributed by atoms with E-state index in [-0.39, 0.29) is 24.7 Å². The van der Waals surface area contributed by atoms with Crippen molar-refractivity contribution >= 4 is 28.8 Å². The number of aromatic nitrogens is 2. The number of imidazole rings is 1. The van der Waals surface area contributed by atoms with E-state index in [4.69, 9.17) is 10.1 Å². The average Bonchev–Trinajstić information content (AvgIpc) is 3.19. The van der Waals surface area contributed by atoms with Gasteiger partial charge in [0, 0.05) is 57.7 Å². The molecule has 2 heterocycles. The summed E-state index contributed by atoms with van der Waals surface area (Å²) in [5, 5.41) is 14.8. The topological polar surface area (TPSA) is 117 Å². The molecule has 0 bridgehead atoms. The second-order valence-corrected chi connectivity index (χ2v) is 8.34. The number of fused-ring (bicyclic) bond motifs is 1. The van der Waals surface area contributed by atoms with Crippen LogP contribution in [0.1, 0.15) is 34.6 Å². The van der Waals surface area contributed by atoms with Crippen LogP contribution in [0.4, 0.5) is 0 Å². The van der Waals surface area contributed by atoms with Crippen LogP contribution in [0.15, 0.2) is 48.5 Å². The normalized spacial score (nSPS) is 13.7. The Morgan fingerprint density at radius 3 is 2.53 bits per heavy atom. The molecule has 4 rings (SSSR count). The quantitative estimate of drug-likeness (QED) is 0.444. The zero-order chi connectivity index (χ0) is 23.9. The van der Waals surface area contributed by atoms with Crippen LogP contribution < -0.4 is 10.6 Å².